The second kappa shape index (κ2) is 6.09. The molecule has 2 aromatic rings. The van der Waals surface area contributed by atoms with E-state index < -0.39 is 6.04 Å². The molecule has 0 bridgehead atoms. The Morgan fingerprint density at radius 3 is 2.75 bits per heavy atom. The van der Waals surface area contributed by atoms with Crippen molar-refractivity contribution in [3.8, 4) is 0 Å². The van der Waals surface area contributed by atoms with Crippen LogP contribution >= 0.6 is 0 Å². The van der Waals surface area contributed by atoms with Crippen molar-refractivity contribution in [1.29, 1.82) is 0 Å². The molecule has 0 spiro atoms. The summed E-state index contributed by atoms with van der Waals surface area (Å²) < 4.78 is 0. The van der Waals surface area contributed by atoms with Crippen LogP contribution in [0.25, 0.3) is 10.9 Å². The van der Waals surface area contributed by atoms with Crippen molar-refractivity contribution < 1.29 is 4.79 Å². The first-order chi connectivity index (χ1) is 9.49. The lowest BCUT2D eigenvalue weighted by molar-refractivity contribution is -0.131. The number of fused-ring (bicyclic) bond motifs is 1. The van der Waals surface area contributed by atoms with Gasteiger partial charge in [-0.1, -0.05) is 32.0 Å². The molecule has 2 rings (SSSR count). The largest absolute Gasteiger partial charge is 0.361 e. The van der Waals surface area contributed by atoms with Crippen LogP contribution in [0.3, 0.4) is 0 Å². The van der Waals surface area contributed by atoms with Crippen molar-refractivity contribution in [3.05, 3.63) is 36.0 Å². The van der Waals surface area contributed by atoms with Gasteiger partial charge in [-0.15, -0.1) is 0 Å². The van der Waals surface area contributed by atoms with Gasteiger partial charge in [-0.05, 0) is 24.0 Å². The zero-order valence-electron chi connectivity index (χ0n) is 12.4. The smallest absolute Gasteiger partial charge is 0.239 e. The zero-order valence-corrected chi connectivity index (χ0v) is 12.4. The first-order valence-corrected chi connectivity index (χ1v) is 7.04. The Labute approximate surface area is 120 Å². The molecule has 0 saturated carbocycles. The molecule has 3 N–H and O–H groups in total. The fourth-order valence-corrected chi connectivity index (χ4v) is 2.55. The van der Waals surface area contributed by atoms with Gasteiger partial charge in [-0.3, -0.25) is 4.79 Å². The average Bonchev–Trinajstić information content (AvgIpc) is 2.80. The van der Waals surface area contributed by atoms with E-state index in [4.69, 9.17) is 5.73 Å². The van der Waals surface area contributed by atoms with Crippen LogP contribution in [0, 0.1) is 5.92 Å². The molecule has 1 atom stereocenters. The number of benzene rings is 1. The van der Waals surface area contributed by atoms with Gasteiger partial charge in [0.05, 0.1) is 6.04 Å². The molecule has 4 heteroatoms. The number of H-pyrrole nitrogens is 1. The third-order valence-corrected chi connectivity index (χ3v) is 3.45. The first-order valence-electron chi connectivity index (χ1n) is 7.04. The van der Waals surface area contributed by atoms with Crippen LogP contribution in [-0.2, 0) is 11.2 Å². The highest BCUT2D eigenvalue weighted by molar-refractivity contribution is 5.86. The molecule has 20 heavy (non-hydrogen) atoms. The number of aromatic nitrogens is 1. The maximum Gasteiger partial charge on any atom is 0.239 e. The number of nitrogens with two attached hydrogens (primary N) is 1. The van der Waals surface area contributed by atoms with Gasteiger partial charge in [0.15, 0.2) is 0 Å². The topological polar surface area (TPSA) is 62.1 Å². The van der Waals surface area contributed by atoms with Gasteiger partial charge in [-0.2, -0.15) is 0 Å². The average molecular weight is 273 g/mol. The van der Waals surface area contributed by atoms with Crippen LogP contribution in [0.2, 0.25) is 0 Å². The number of rotatable bonds is 5. The molecule has 1 aromatic carbocycles. The van der Waals surface area contributed by atoms with Crippen LogP contribution in [0.4, 0.5) is 0 Å². The number of hydrogen-bond acceptors (Lipinski definition) is 2. The lowest BCUT2D eigenvalue weighted by atomic mass is 10.0. The van der Waals surface area contributed by atoms with E-state index in [-0.39, 0.29) is 5.91 Å². The third kappa shape index (κ3) is 3.20. The Bertz CT molecular complexity index is 588. The van der Waals surface area contributed by atoms with Crippen molar-refractivity contribution >= 4 is 16.8 Å². The number of amides is 1. The normalized spacial score (nSPS) is 12.8. The number of nitrogens with one attached hydrogen (secondary N) is 1. The molecule has 1 heterocycles. The highest BCUT2D eigenvalue weighted by Gasteiger charge is 2.20. The standard InChI is InChI=1S/C16H23N3O/c1-11(2)10-19(3)16(20)14(17)8-12-9-18-15-7-5-4-6-13(12)15/h4-7,9,11,14,18H,8,10,17H2,1-3H3/t14-/m0/s1. The van der Waals surface area contributed by atoms with E-state index in [1.807, 2.05) is 31.4 Å². The maximum atomic E-state index is 12.2. The number of para-hydroxylation sites is 1. The first kappa shape index (κ1) is 14.6. The number of hydrogen-bond donors (Lipinski definition) is 2. The number of likely N-dealkylation sites (N-methyl/N-ethyl adjacent to an activating group) is 1. The second-order valence-corrected chi connectivity index (χ2v) is 5.78. The molecule has 1 aromatic heterocycles. The summed E-state index contributed by atoms with van der Waals surface area (Å²) in [6.45, 7) is 4.92. The maximum absolute atomic E-state index is 12.2. The number of nitrogens with zero attached hydrogens (tertiary/aromatic N) is 1. The van der Waals surface area contributed by atoms with E-state index in [0.29, 0.717) is 12.3 Å². The summed E-state index contributed by atoms with van der Waals surface area (Å²) >= 11 is 0. The Morgan fingerprint density at radius 2 is 2.05 bits per heavy atom. The van der Waals surface area contributed by atoms with Crippen molar-refractivity contribution in [2.24, 2.45) is 11.7 Å². The van der Waals surface area contributed by atoms with Crippen molar-refractivity contribution in [3.63, 3.8) is 0 Å². The minimum atomic E-state index is -0.488. The van der Waals surface area contributed by atoms with E-state index in [2.05, 4.69) is 24.9 Å². The summed E-state index contributed by atoms with van der Waals surface area (Å²) in [5.74, 6) is 0.452. The predicted octanol–water partition coefficient (Wildman–Crippen LogP) is 2.15. The van der Waals surface area contributed by atoms with Crippen molar-refractivity contribution in [2.75, 3.05) is 13.6 Å². The summed E-state index contributed by atoms with van der Waals surface area (Å²) in [7, 11) is 1.82. The van der Waals surface area contributed by atoms with Crippen molar-refractivity contribution in [2.45, 2.75) is 26.3 Å². The summed E-state index contributed by atoms with van der Waals surface area (Å²) in [5, 5.41) is 1.14. The molecular formula is C16H23N3O. The summed E-state index contributed by atoms with van der Waals surface area (Å²) in [6.07, 6.45) is 2.51. The second-order valence-electron chi connectivity index (χ2n) is 5.78. The Hall–Kier alpha value is -1.81. The van der Waals surface area contributed by atoms with Gasteiger partial charge in [-0.25, -0.2) is 0 Å². The van der Waals surface area contributed by atoms with Crippen LogP contribution in [0.15, 0.2) is 30.5 Å². The Balaban J connectivity index is 2.07. The van der Waals surface area contributed by atoms with Crippen LogP contribution in [0.1, 0.15) is 19.4 Å². The fourth-order valence-electron chi connectivity index (χ4n) is 2.55. The van der Waals surface area contributed by atoms with Crippen molar-refractivity contribution in [1.82, 2.24) is 9.88 Å². The number of aromatic amines is 1. The van der Waals surface area contributed by atoms with Crippen LogP contribution < -0.4 is 5.73 Å². The Morgan fingerprint density at radius 1 is 1.35 bits per heavy atom. The van der Waals surface area contributed by atoms with Gasteiger partial charge in [0.25, 0.3) is 0 Å². The number of carbonyl (C=O) groups is 1. The lowest BCUT2D eigenvalue weighted by Gasteiger charge is -2.22. The summed E-state index contributed by atoms with van der Waals surface area (Å²) in [6, 6.07) is 7.58. The molecule has 0 aliphatic heterocycles. The fraction of sp³-hybridized carbons (Fsp3) is 0.438. The van der Waals surface area contributed by atoms with Gasteiger partial charge in [0, 0.05) is 30.7 Å². The lowest BCUT2D eigenvalue weighted by Crippen LogP contribution is -2.44. The molecule has 0 radical (unpaired) electrons. The summed E-state index contributed by atoms with van der Waals surface area (Å²) in [5.41, 5.74) is 8.25. The monoisotopic (exact) mass is 273 g/mol. The van der Waals surface area contributed by atoms with E-state index in [0.717, 1.165) is 23.0 Å². The zero-order chi connectivity index (χ0) is 14.7. The molecule has 0 aliphatic carbocycles. The minimum Gasteiger partial charge on any atom is -0.361 e. The summed E-state index contributed by atoms with van der Waals surface area (Å²) in [4.78, 5) is 17.2. The van der Waals surface area contributed by atoms with Crippen LogP contribution in [-0.4, -0.2) is 35.4 Å². The predicted molar refractivity (Wildman–Crippen MR) is 82.5 cm³/mol. The quantitative estimate of drug-likeness (QED) is 0.877. The highest BCUT2D eigenvalue weighted by atomic mass is 16.2. The van der Waals surface area contributed by atoms with E-state index in [1.54, 1.807) is 4.90 Å². The van der Waals surface area contributed by atoms with Gasteiger partial charge >= 0.3 is 0 Å². The molecule has 0 unspecified atom stereocenters. The molecule has 0 saturated heterocycles. The molecular weight excluding hydrogens is 250 g/mol. The molecule has 0 fully saturated rings. The van der Waals surface area contributed by atoms with Gasteiger partial charge < -0.3 is 15.6 Å². The highest BCUT2D eigenvalue weighted by Crippen LogP contribution is 2.19. The minimum absolute atomic E-state index is 0.00369. The Kier molecular flexibility index (Phi) is 4.45. The van der Waals surface area contributed by atoms with Gasteiger partial charge in [0.1, 0.15) is 0 Å². The molecule has 0 aliphatic rings. The van der Waals surface area contributed by atoms with E-state index in [9.17, 15) is 4.79 Å². The van der Waals surface area contributed by atoms with E-state index >= 15 is 0 Å². The van der Waals surface area contributed by atoms with Gasteiger partial charge in [0.2, 0.25) is 5.91 Å². The SMILES string of the molecule is CC(C)CN(C)C(=O)[C@@H](N)Cc1c[nH]c2ccccc12. The third-order valence-electron chi connectivity index (χ3n) is 3.45. The van der Waals surface area contributed by atoms with E-state index in [1.165, 1.54) is 0 Å². The van der Waals surface area contributed by atoms with Crippen LogP contribution in [0.5, 0.6) is 0 Å². The molecule has 4 nitrogen and oxygen atoms in total. The number of carbonyl (C=O) groups excluding carboxylic acids is 1. The molecule has 108 valence electrons. The molecule has 1 amide bonds.